The number of ether oxygens (including phenoxy) is 3. The van der Waals surface area contributed by atoms with Gasteiger partial charge in [-0.2, -0.15) is 0 Å². The summed E-state index contributed by atoms with van der Waals surface area (Å²) < 4.78 is 17.5. The number of methoxy groups -OCH3 is 1. The molecule has 0 saturated heterocycles. The van der Waals surface area contributed by atoms with Crippen LogP contribution < -0.4 is 20.3 Å². The molecule has 5 rings (SSSR count). The van der Waals surface area contributed by atoms with Crippen molar-refractivity contribution in [2.75, 3.05) is 20.3 Å². The van der Waals surface area contributed by atoms with Crippen LogP contribution in [0.5, 0.6) is 11.5 Å². The van der Waals surface area contributed by atoms with Crippen LogP contribution >= 0.6 is 0 Å². The van der Waals surface area contributed by atoms with Gasteiger partial charge in [0.2, 0.25) is 5.90 Å². The molecule has 4 aromatic carbocycles. The summed E-state index contributed by atoms with van der Waals surface area (Å²) in [4.78, 5) is 22.4. The fourth-order valence-corrected chi connectivity index (χ4v) is 5.16. The number of hydrogen-bond donors (Lipinski definition) is 3. The number of azide groups is 1. The summed E-state index contributed by atoms with van der Waals surface area (Å²) >= 11 is 0. The van der Waals surface area contributed by atoms with Crippen molar-refractivity contribution in [3.05, 3.63) is 142 Å². The van der Waals surface area contributed by atoms with Crippen LogP contribution in [-0.4, -0.2) is 42.8 Å². The number of aliphatic imine (C=N–C) groups is 1. The van der Waals surface area contributed by atoms with Gasteiger partial charge in [0.05, 0.1) is 13.7 Å². The third kappa shape index (κ3) is 8.16. The van der Waals surface area contributed by atoms with Gasteiger partial charge in [-0.3, -0.25) is 10.2 Å². The lowest BCUT2D eigenvalue weighted by Gasteiger charge is -2.30. The maximum Gasteiger partial charge on any atom is 0.266 e. The van der Waals surface area contributed by atoms with E-state index in [1.54, 1.807) is 55.6 Å². The largest absolute Gasteiger partial charge is 0.497 e. The van der Waals surface area contributed by atoms with Crippen molar-refractivity contribution in [2.45, 2.75) is 31.0 Å². The Morgan fingerprint density at radius 3 is 2.47 bits per heavy atom. The Morgan fingerprint density at radius 2 is 1.74 bits per heavy atom. The number of hydrogen-bond acceptors (Lipinski definition) is 8. The zero-order valence-corrected chi connectivity index (χ0v) is 26.0. The zero-order chi connectivity index (χ0) is 32.9. The van der Waals surface area contributed by atoms with Crippen LogP contribution in [-0.2, 0) is 16.1 Å². The molecular weight excluding hydrogens is 596 g/mol. The Labute approximate surface area is 273 Å². The molecule has 0 fully saturated rings. The lowest BCUT2D eigenvalue weighted by Crippen LogP contribution is -2.52. The van der Waals surface area contributed by atoms with Gasteiger partial charge in [0.1, 0.15) is 11.5 Å². The minimum absolute atomic E-state index is 0.0409. The zero-order valence-electron chi connectivity index (χ0n) is 26.0. The Morgan fingerprint density at radius 1 is 1.02 bits per heavy atom. The second-order valence-electron chi connectivity index (χ2n) is 10.7. The van der Waals surface area contributed by atoms with Crippen LogP contribution in [0.4, 0.5) is 5.69 Å². The second kappa shape index (κ2) is 16.1. The highest BCUT2D eigenvalue weighted by Crippen LogP contribution is 2.45. The summed E-state index contributed by atoms with van der Waals surface area (Å²) in [6.07, 6.45) is 3.57. The molecule has 0 aromatic heterocycles. The highest BCUT2D eigenvalue weighted by molar-refractivity contribution is 6.01. The minimum atomic E-state index is -1.50. The number of hydrazine groups is 1. The number of benzene rings is 4. The number of nitrogens with zero attached hydrogens (tertiary/aromatic N) is 4. The van der Waals surface area contributed by atoms with E-state index in [1.165, 1.54) is 0 Å². The van der Waals surface area contributed by atoms with Gasteiger partial charge in [0.15, 0.2) is 11.6 Å². The van der Waals surface area contributed by atoms with Crippen molar-refractivity contribution in [1.82, 2.24) is 10.9 Å². The molecule has 1 aliphatic rings. The lowest BCUT2D eigenvalue weighted by atomic mass is 9.83. The smallest absolute Gasteiger partial charge is 0.266 e. The van der Waals surface area contributed by atoms with E-state index in [-0.39, 0.29) is 18.9 Å². The third-order valence-electron chi connectivity index (χ3n) is 7.59. The lowest BCUT2D eigenvalue weighted by molar-refractivity contribution is -0.129. The maximum absolute atomic E-state index is 14.4. The molecule has 3 N–H and O–H groups in total. The van der Waals surface area contributed by atoms with E-state index >= 15 is 0 Å². The van der Waals surface area contributed by atoms with Crippen molar-refractivity contribution in [3.63, 3.8) is 0 Å². The van der Waals surface area contributed by atoms with E-state index in [9.17, 15) is 10.3 Å². The summed E-state index contributed by atoms with van der Waals surface area (Å²) in [5.74, 6) is 1.19. The molecule has 1 heterocycles. The molecule has 4 aromatic rings. The Hall–Kier alpha value is -5.61. The van der Waals surface area contributed by atoms with Gasteiger partial charge in [-0.15, -0.1) is 0 Å². The summed E-state index contributed by atoms with van der Waals surface area (Å²) in [7, 11) is 1.61. The maximum atomic E-state index is 14.4. The molecule has 240 valence electrons. The van der Waals surface area contributed by atoms with Crippen molar-refractivity contribution >= 4 is 23.6 Å². The van der Waals surface area contributed by atoms with Gasteiger partial charge in [-0.1, -0.05) is 84.0 Å². The predicted octanol–water partition coefficient (Wildman–Crippen LogP) is 6.58. The average molecular weight is 633 g/mol. The van der Waals surface area contributed by atoms with Crippen LogP contribution in [0.2, 0.25) is 0 Å². The van der Waals surface area contributed by atoms with Gasteiger partial charge in [0.25, 0.3) is 5.91 Å². The number of carbonyl (C=O) groups excluding carboxylic acids is 1. The van der Waals surface area contributed by atoms with Gasteiger partial charge in [-0.05, 0) is 53.1 Å². The first-order valence-corrected chi connectivity index (χ1v) is 15.2. The van der Waals surface area contributed by atoms with Gasteiger partial charge < -0.3 is 19.3 Å². The summed E-state index contributed by atoms with van der Waals surface area (Å²) in [6.45, 7) is 0.770. The highest BCUT2D eigenvalue weighted by atomic mass is 16.5. The molecular formula is C36H36N6O5. The molecule has 0 aliphatic carbocycles. The molecule has 1 aliphatic heterocycles. The molecule has 0 spiro atoms. The van der Waals surface area contributed by atoms with Crippen molar-refractivity contribution in [2.24, 2.45) is 10.1 Å². The molecule has 0 unspecified atom stereocenters. The van der Waals surface area contributed by atoms with Crippen LogP contribution in [0.15, 0.2) is 119 Å². The number of aliphatic hydroxyl groups is 1. The van der Waals surface area contributed by atoms with E-state index in [4.69, 9.17) is 24.3 Å². The number of carbonyl (C=O) groups is 1. The Kier molecular flexibility index (Phi) is 11.2. The first-order valence-electron chi connectivity index (χ1n) is 15.2. The van der Waals surface area contributed by atoms with Crippen LogP contribution in [0.25, 0.3) is 16.5 Å². The third-order valence-corrected chi connectivity index (χ3v) is 7.59. The molecule has 0 saturated carbocycles. The normalized spacial score (nSPS) is 17.0. The average Bonchev–Trinajstić information content (AvgIpc) is 3.50. The molecule has 11 heteroatoms. The topological polar surface area (TPSA) is 150 Å². The fourth-order valence-electron chi connectivity index (χ4n) is 5.16. The predicted molar refractivity (Wildman–Crippen MR) is 180 cm³/mol. The standard InChI is InChI=1S/C36H36N6O5/c1-45-29-18-14-27(15-19-29)25-38-41-35(44)36(22-7-11-26-9-3-2-4-10-26)33(31-12-5-6-13-32(31)40-42-37)47-34(39-36)28-16-20-30(21-17-28)46-24-8-23-43/h2-7,9-21,33,38,43H,8,22-25H2,1H3,(H,41,44)/b11-7+/t33-,36-/m0/s1. The Balaban J connectivity index is 1.52. The van der Waals surface area contributed by atoms with Gasteiger partial charge in [0, 0.05) is 47.7 Å². The van der Waals surface area contributed by atoms with Crippen molar-refractivity contribution in [1.29, 1.82) is 0 Å². The minimum Gasteiger partial charge on any atom is -0.497 e. The highest BCUT2D eigenvalue weighted by Gasteiger charge is 2.53. The summed E-state index contributed by atoms with van der Waals surface area (Å²) in [5.41, 5.74) is 17.1. The van der Waals surface area contributed by atoms with Crippen molar-refractivity contribution < 1.29 is 24.1 Å². The number of rotatable bonds is 15. The molecule has 2 atom stereocenters. The number of nitrogens with one attached hydrogen (secondary N) is 2. The van der Waals surface area contributed by atoms with E-state index in [0.29, 0.717) is 42.1 Å². The Bertz CT molecular complexity index is 1740. The quantitative estimate of drug-likeness (QED) is 0.0443. The summed E-state index contributed by atoms with van der Waals surface area (Å²) in [5, 5.41) is 13.0. The molecule has 1 amide bonds. The van der Waals surface area contributed by atoms with Crippen molar-refractivity contribution in [3.8, 4) is 11.5 Å². The van der Waals surface area contributed by atoms with Crippen LogP contribution in [0.1, 0.15) is 41.2 Å². The monoisotopic (exact) mass is 632 g/mol. The number of aliphatic hydroxyl groups excluding tert-OH is 1. The summed E-state index contributed by atoms with van der Waals surface area (Å²) in [6, 6.07) is 31.5. The van der Waals surface area contributed by atoms with E-state index < -0.39 is 17.6 Å². The fraction of sp³-hybridized carbons (Fsp3) is 0.222. The molecule has 47 heavy (non-hydrogen) atoms. The second-order valence-corrected chi connectivity index (χ2v) is 10.7. The van der Waals surface area contributed by atoms with Crippen LogP contribution in [0, 0.1) is 0 Å². The first-order chi connectivity index (χ1) is 23.1. The SMILES string of the molecule is COc1ccc(CNNC(=O)[C@@]2(C/C=C/c3ccccc3)N=C(c3ccc(OCCCO)cc3)O[C@H]2c2ccccc2N=[N+]=[N-])cc1. The van der Waals surface area contributed by atoms with E-state index in [0.717, 1.165) is 16.9 Å². The molecule has 0 radical (unpaired) electrons. The van der Waals surface area contributed by atoms with E-state index in [2.05, 4.69) is 20.9 Å². The van der Waals surface area contributed by atoms with Gasteiger partial charge in [-0.25, -0.2) is 10.4 Å². The van der Waals surface area contributed by atoms with Gasteiger partial charge >= 0.3 is 0 Å². The van der Waals surface area contributed by atoms with Crippen LogP contribution in [0.3, 0.4) is 0 Å². The number of amides is 1. The van der Waals surface area contributed by atoms with E-state index in [1.807, 2.05) is 66.7 Å². The first kappa shape index (κ1) is 32.8. The molecule has 11 nitrogen and oxygen atoms in total. The molecule has 0 bridgehead atoms.